The zero-order chi connectivity index (χ0) is 17.1. The molecule has 0 saturated carbocycles. The summed E-state index contributed by atoms with van der Waals surface area (Å²) < 4.78 is 2.53. The van der Waals surface area contributed by atoms with Crippen LogP contribution in [-0.2, 0) is 42.3 Å². The monoisotopic (exact) mass is 445 g/mol. The zero-order valence-corrected chi connectivity index (χ0v) is 19.9. The predicted octanol–water partition coefficient (Wildman–Crippen LogP) is 6.24. The second-order valence-corrected chi connectivity index (χ2v) is 9.66. The Morgan fingerprint density at radius 3 is 1.17 bits per heavy atom. The van der Waals surface area contributed by atoms with E-state index in [1.807, 2.05) is 0 Å². The Morgan fingerprint density at radius 2 is 0.913 bits per heavy atom. The molecule has 0 aliphatic carbocycles. The molecule has 0 aromatic carbocycles. The summed E-state index contributed by atoms with van der Waals surface area (Å²) in [5.74, 6) is 2.55. The van der Waals surface area contributed by atoms with Gasteiger partial charge in [0.15, 0.2) is 0 Å². The third kappa shape index (κ3) is 28.7. The molecule has 23 heavy (non-hydrogen) atoms. The molecule has 0 aromatic heterocycles. The fourth-order valence-corrected chi connectivity index (χ4v) is 4.45. The molecule has 0 bridgehead atoms. The summed E-state index contributed by atoms with van der Waals surface area (Å²) in [6.07, 6.45) is 12.7. The number of hydrogen-bond acceptors (Lipinski definition) is 2. The molecule has 0 spiro atoms. The minimum Gasteiger partial charge on any atom is -0.755 e. The minimum absolute atomic E-state index is 0. The Bertz CT molecular complexity index is 250. The van der Waals surface area contributed by atoms with E-state index in [4.69, 9.17) is 25.3 Å². The predicted molar refractivity (Wildman–Crippen MR) is 121 cm³/mol. The van der Waals surface area contributed by atoms with Crippen LogP contribution in [0, 0.1) is 0 Å². The van der Waals surface area contributed by atoms with E-state index >= 15 is 0 Å². The Balaban J connectivity index is -0.000000333. The molecule has 0 amide bonds. The molecule has 0 unspecified atom stereocenters. The first-order valence-corrected chi connectivity index (χ1v) is 12.0. The van der Waals surface area contributed by atoms with E-state index in [-0.39, 0.29) is 17.1 Å². The van der Waals surface area contributed by atoms with Crippen molar-refractivity contribution < 1.29 is 17.1 Å². The van der Waals surface area contributed by atoms with Gasteiger partial charge in [0.1, 0.15) is 0 Å². The summed E-state index contributed by atoms with van der Waals surface area (Å²) in [7, 11) is 0. The second kappa shape index (κ2) is 25.9. The third-order valence-corrected chi connectivity index (χ3v) is 6.50. The molecule has 1 radical (unpaired) electrons. The van der Waals surface area contributed by atoms with Crippen LogP contribution in [-0.4, -0.2) is 19.9 Å². The standard InChI is InChI=1S/2C9H20S2.Cu/c2*1-3-5-7-9(10)11-8-6-4-2;/h2*10-11H,3-8H2,1-2H3;/q;;+2/p-2. The van der Waals surface area contributed by atoms with E-state index in [1.165, 1.54) is 94.0 Å². The van der Waals surface area contributed by atoms with E-state index in [2.05, 4.69) is 27.7 Å². The van der Waals surface area contributed by atoms with Gasteiger partial charge in [-0.15, -0.1) is 0 Å². The molecule has 0 fully saturated rings. The summed E-state index contributed by atoms with van der Waals surface area (Å²) in [6, 6.07) is 0. The van der Waals surface area contributed by atoms with Gasteiger partial charge in [0.05, 0.1) is 0 Å². The zero-order valence-electron chi connectivity index (χ0n) is 15.5. The molecule has 145 valence electrons. The van der Waals surface area contributed by atoms with Crippen molar-refractivity contribution >= 4 is 56.4 Å². The molecule has 0 atom stereocenters. The molecule has 0 aliphatic rings. The largest absolute Gasteiger partial charge is 2.00 e. The van der Waals surface area contributed by atoms with Crippen molar-refractivity contribution in [3.8, 4) is 0 Å². The van der Waals surface area contributed by atoms with Crippen molar-refractivity contribution in [1.29, 1.82) is 0 Å². The van der Waals surface area contributed by atoms with Crippen LogP contribution < -0.4 is 0 Å². The average Bonchev–Trinajstić information content (AvgIpc) is 2.52. The van der Waals surface area contributed by atoms with Crippen molar-refractivity contribution in [3.63, 3.8) is 0 Å². The number of thiol groups is 2. The van der Waals surface area contributed by atoms with Crippen molar-refractivity contribution in [2.45, 2.75) is 91.9 Å². The molecule has 0 saturated heterocycles. The molecule has 0 aliphatic heterocycles. The fourth-order valence-electron chi connectivity index (χ4n) is 1.54. The van der Waals surface area contributed by atoms with Gasteiger partial charge in [-0.25, -0.2) is 22.7 Å². The molecular formula is C18H38CuS4. The maximum absolute atomic E-state index is 5.22. The quantitative estimate of drug-likeness (QED) is 0.120. The molecule has 0 N–H and O–H groups in total. The van der Waals surface area contributed by atoms with Crippen LogP contribution in [0.2, 0.25) is 0 Å². The Labute approximate surface area is 176 Å². The van der Waals surface area contributed by atoms with Crippen LogP contribution in [0.15, 0.2) is 0 Å². The van der Waals surface area contributed by atoms with Gasteiger partial charge >= 0.3 is 17.1 Å². The number of rotatable bonds is 12. The molecular weight excluding hydrogens is 408 g/mol. The Morgan fingerprint density at radius 1 is 0.609 bits per heavy atom. The van der Waals surface area contributed by atoms with Gasteiger partial charge < -0.3 is 25.3 Å². The van der Waals surface area contributed by atoms with Crippen LogP contribution in [0.5, 0.6) is 0 Å². The van der Waals surface area contributed by atoms with Gasteiger partial charge in [-0.3, -0.25) is 0 Å². The molecule has 0 heterocycles. The van der Waals surface area contributed by atoms with E-state index in [0.717, 1.165) is 12.8 Å². The first-order chi connectivity index (χ1) is 10.6. The summed E-state index contributed by atoms with van der Waals surface area (Å²) in [5, 5.41) is 0. The van der Waals surface area contributed by atoms with Gasteiger partial charge in [-0.2, -0.15) is 8.39 Å². The third-order valence-electron chi connectivity index (χ3n) is 3.09. The van der Waals surface area contributed by atoms with Crippen LogP contribution in [0.4, 0.5) is 0 Å². The van der Waals surface area contributed by atoms with Gasteiger partial charge in [0, 0.05) is 0 Å². The number of hydrogen-bond donors (Lipinski definition) is 2. The van der Waals surface area contributed by atoms with E-state index in [0.29, 0.717) is 0 Å². The first kappa shape index (κ1) is 29.4. The Kier molecular flexibility index (Phi) is 33.1. The summed E-state index contributed by atoms with van der Waals surface area (Å²) in [5.41, 5.74) is 0. The van der Waals surface area contributed by atoms with E-state index in [9.17, 15) is 0 Å². The van der Waals surface area contributed by atoms with Crippen LogP contribution >= 0.6 is 22.7 Å². The minimum atomic E-state index is 0. The SMILES string of the molecule is CCCC[SH]=C([S-])CCCC.CCCC[SH]=C([S-])CCCC.[Cu+2]. The summed E-state index contributed by atoms with van der Waals surface area (Å²) in [6.45, 7) is 8.88. The Hall–Kier alpha value is 1.66. The summed E-state index contributed by atoms with van der Waals surface area (Å²) >= 11 is 13.3. The van der Waals surface area contributed by atoms with Gasteiger partial charge in [-0.05, 0) is 24.3 Å². The van der Waals surface area contributed by atoms with Crippen molar-refractivity contribution in [1.82, 2.24) is 0 Å². The average molecular weight is 446 g/mol. The van der Waals surface area contributed by atoms with Crippen LogP contribution in [0.1, 0.15) is 91.9 Å². The molecule has 0 aromatic rings. The van der Waals surface area contributed by atoms with Crippen molar-refractivity contribution in [2.75, 3.05) is 11.5 Å². The maximum atomic E-state index is 5.22. The van der Waals surface area contributed by atoms with Gasteiger partial charge in [0.2, 0.25) is 0 Å². The number of unbranched alkanes of at least 4 members (excludes halogenated alkanes) is 4. The van der Waals surface area contributed by atoms with Gasteiger partial charge in [-0.1, -0.05) is 79.1 Å². The van der Waals surface area contributed by atoms with Crippen molar-refractivity contribution in [3.05, 3.63) is 0 Å². The maximum Gasteiger partial charge on any atom is 2.00 e. The summed E-state index contributed by atoms with van der Waals surface area (Å²) in [4.78, 5) is 0. The van der Waals surface area contributed by atoms with E-state index in [1.54, 1.807) is 0 Å². The van der Waals surface area contributed by atoms with Crippen LogP contribution in [0.3, 0.4) is 0 Å². The molecule has 0 rings (SSSR count). The molecule has 5 heteroatoms. The second-order valence-electron chi connectivity index (χ2n) is 5.47. The normalized spacial score (nSPS) is 12.3. The fraction of sp³-hybridized carbons (Fsp3) is 0.889. The smallest absolute Gasteiger partial charge is 0.755 e. The topological polar surface area (TPSA) is 0 Å². The van der Waals surface area contributed by atoms with E-state index < -0.39 is 0 Å². The van der Waals surface area contributed by atoms with Crippen LogP contribution in [0.25, 0.3) is 0 Å². The first-order valence-electron chi connectivity index (χ1n) is 9.02. The molecule has 0 nitrogen and oxygen atoms in total. The van der Waals surface area contributed by atoms with Crippen molar-refractivity contribution in [2.24, 2.45) is 0 Å². The van der Waals surface area contributed by atoms with Gasteiger partial charge in [0.25, 0.3) is 0 Å².